The first-order valence-corrected chi connectivity index (χ1v) is 8.42. The Kier molecular flexibility index (Phi) is 5.00. The fraction of sp³-hybridized carbons (Fsp3) is 0.250. The van der Waals surface area contributed by atoms with Crippen molar-refractivity contribution in [3.8, 4) is 5.75 Å². The highest BCUT2D eigenvalue weighted by atomic mass is 35.5. The van der Waals surface area contributed by atoms with Crippen LogP contribution in [0.1, 0.15) is 29.3 Å². The van der Waals surface area contributed by atoms with Gasteiger partial charge in [0.1, 0.15) is 17.5 Å². The number of ketones is 2. The van der Waals surface area contributed by atoms with Crippen LogP contribution in [0.15, 0.2) is 48.5 Å². The monoisotopic (exact) mass is 356 g/mol. The maximum Gasteiger partial charge on any atom is 0.322 e. The van der Waals surface area contributed by atoms with E-state index in [4.69, 9.17) is 16.3 Å². The topological polar surface area (TPSA) is 60.4 Å². The van der Waals surface area contributed by atoms with Crippen molar-refractivity contribution in [3.05, 3.63) is 64.7 Å². The normalized spacial score (nSPS) is 17.6. The van der Waals surface area contributed by atoms with E-state index in [-0.39, 0.29) is 23.7 Å². The number of carbonyl (C=O) groups excluding carboxylic acids is 3. The standard InChI is InChI=1S/C20H17ClO4/c1-12(22)9-14(10-13-5-4-6-15(21)11-13)18-19(23)16-7-2-3-8-17(16)25-20(18)24/h2-8,11,14,18H,9-10H2,1H3. The van der Waals surface area contributed by atoms with E-state index in [2.05, 4.69) is 0 Å². The number of ether oxygens (including phenoxy) is 1. The Morgan fingerprint density at radius 1 is 1.16 bits per heavy atom. The first kappa shape index (κ1) is 17.4. The summed E-state index contributed by atoms with van der Waals surface area (Å²) in [7, 11) is 0. The van der Waals surface area contributed by atoms with Crippen LogP contribution in [0.3, 0.4) is 0 Å². The molecular weight excluding hydrogens is 340 g/mol. The van der Waals surface area contributed by atoms with Crippen LogP contribution >= 0.6 is 11.6 Å². The summed E-state index contributed by atoms with van der Waals surface area (Å²) < 4.78 is 5.34. The molecule has 2 atom stereocenters. The Morgan fingerprint density at radius 3 is 2.64 bits per heavy atom. The predicted octanol–water partition coefficient (Wildman–Crippen LogP) is 3.90. The molecule has 2 unspecified atom stereocenters. The van der Waals surface area contributed by atoms with E-state index in [1.54, 1.807) is 42.5 Å². The van der Waals surface area contributed by atoms with Crippen LogP contribution in [-0.2, 0) is 16.0 Å². The van der Waals surface area contributed by atoms with Gasteiger partial charge in [0.25, 0.3) is 0 Å². The number of esters is 1. The van der Waals surface area contributed by atoms with E-state index in [0.29, 0.717) is 17.0 Å². The lowest BCUT2D eigenvalue weighted by Crippen LogP contribution is -2.40. The van der Waals surface area contributed by atoms with Crippen LogP contribution in [0.25, 0.3) is 0 Å². The third-order valence-electron chi connectivity index (χ3n) is 4.31. The number of carbonyl (C=O) groups is 3. The second kappa shape index (κ2) is 7.19. The average molecular weight is 357 g/mol. The van der Waals surface area contributed by atoms with Crippen LogP contribution in [0.2, 0.25) is 5.02 Å². The molecule has 0 aliphatic carbocycles. The molecule has 128 valence electrons. The fourth-order valence-electron chi connectivity index (χ4n) is 3.26. The van der Waals surface area contributed by atoms with Gasteiger partial charge in [-0.3, -0.25) is 9.59 Å². The van der Waals surface area contributed by atoms with Gasteiger partial charge in [-0.1, -0.05) is 35.9 Å². The Bertz CT molecular complexity index is 843. The van der Waals surface area contributed by atoms with Gasteiger partial charge in [-0.05, 0) is 49.1 Å². The molecule has 1 heterocycles. The van der Waals surface area contributed by atoms with Gasteiger partial charge in [0, 0.05) is 11.4 Å². The van der Waals surface area contributed by atoms with E-state index in [1.807, 2.05) is 6.07 Å². The first-order valence-electron chi connectivity index (χ1n) is 8.04. The summed E-state index contributed by atoms with van der Waals surface area (Å²) >= 11 is 6.02. The molecule has 0 N–H and O–H groups in total. The number of halogens is 1. The molecule has 0 saturated carbocycles. The zero-order valence-electron chi connectivity index (χ0n) is 13.7. The maximum absolute atomic E-state index is 12.9. The average Bonchev–Trinajstić information content (AvgIpc) is 2.54. The van der Waals surface area contributed by atoms with E-state index < -0.39 is 17.8 Å². The van der Waals surface area contributed by atoms with Crippen molar-refractivity contribution < 1.29 is 19.1 Å². The van der Waals surface area contributed by atoms with E-state index in [9.17, 15) is 14.4 Å². The molecule has 2 aromatic carbocycles. The number of para-hydroxylation sites is 1. The molecule has 3 rings (SSSR count). The van der Waals surface area contributed by atoms with Gasteiger partial charge in [-0.2, -0.15) is 0 Å². The first-order chi connectivity index (χ1) is 12.0. The van der Waals surface area contributed by atoms with Crippen LogP contribution in [-0.4, -0.2) is 17.5 Å². The Hall–Kier alpha value is -2.46. The summed E-state index contributed by atoms with van der Waals surface area (Å²) in [5.74, 6) is -2.15. The molecule has 2 aromatic rings. The molecule has 0 amide bonds. The summed E-state index contributed by atoms with van der Waals surface area (Å²) in [6.07, 6.45) is 0.522. The number of fused-ring (bicyclic) bond motifs is 1. The maximum atomic E-state index is 12.9. The van der Waals surface area contributed by atoms with Gasteiger partial charge < -0.3 is 9.53 Å². The summed E-state index contributed by atoms with van der Waals surface area (Å²) in [5.41, 5.74) is 1.25. The third kappa shape index (κ3) is 3.80. The van der Waals surface area contributed by atoms with Crippen molar-refractivity contribution in [2.24, 2.45) is 11.8 Å². The summed E-state index contributed by atoms with van der Waals surface area (Å²) in [4.78, 5) is 37.1. The molecule has 0 saturated heterocycles. The van der Waals surface area contributed by atoms with Gasteiger partial charge in [-0.15, -0.1) is 0 Å². The summed E-state index contributed by atoms with van der Waals surface area (Å²) in [5, 5.41) is 0.571. The molecule has 4 nitrogen and oxygen atoms in total. The van der Waals surface area contributed by atoms with Gasteiger partial charge in [0.2, 0.25) is 0 Å². The zero-order chi connectivity index (χ0) is 18.0. The minimum absolute atomic E-state index is 0.0773. The molecule has 0 radical (unpaired) electrons. The van der Waals surface area contributed by atoms with Gasteiger partial charge in [0.15, 0.2) is 5.78 Å². The highest BCUT2D eigenvalue weighted by Crippen LogP contribution is 2.34. The smallest absolute Gasteiger partial charge is 0.322 e. The molecular formula is C20H17ClO4. The van der Waals surface area contributed by atoms with Crippen molar-refractivity contribution in [3.63, 3.8) is 0 Å². The van der Waals surface area contributed by atoms with Crippen molar-refractivity contribution in [2.45, 2.75) is 19.8 Å². The number of hydrogen-bond donors (Lipinski definition) is 0. The van der Waals surface area contributed by atoms with Gasteiger partial charge >= 0.3 is 5.97 Å². The number of Topliss-reactive ketones (excluding diaryl/α,β-unsaturated/α-hetero) is 2. The van der Waals surface area contributed by atoms with Crippen molar-refractivity contribution in [2.75, 3.05) is 0 Å². The zero-order valence-corrected chi connectivity index (χ0v) is 14.5. The molecule has 0 spiro atoms. The Morgan fingerprint density at radius 2 is 1.92 bits per heavy atom. The number of benzene rings is 2. The predicted molar refractivity (Wildman–Crippen MR) is 93.8 cm³/mol. The van der Waals surface area contributed by atoms with Gasteiger partial charge in [-0.25, -0.2) is 0 Å². The largest absolute Gasteiger partial charge is 0.425 e. The Labute approximate surface area is 150 Å². The third-order valence-corrected chi connectivity index (χ3v) is 4.54. The highest BCUT2D eigenvalue weighted by Gasteiger charge is 2.42. The van der Waals surface area contributed by atoms with Crippen LogP contribution in [0.5, 0.6) is 5.75 Å². The lowest BCUT2D eigenvalue weighted by atomic mass is 9.78. The molecule has 1 aliphatic rings. The molecule has 5 heteroatoms. The van der Waals surface area contributed by atoms with Crippen molar-refractivity contribution in [1.82, 2.24) is 0 Å². The number of rotatable bonds is 5. The lowest BCUT2D eigenvalue weighted by Gasteiger charge is -2.28. The van der Waals surface area contributed by atoms with E-state index >= 15 is 0 Å². The summed E-state index contributed by atoms with van der Waals surface area (Å²) in [6.45, 7) is 1.46. The van der Waals surface area contributed by atoms with E-state index in [0.717, 1.165) is 5.56 Å². The minimum atomic E-state index is -0.988. The molecule has 0 bridgehead atoms. The van der Waals surface area contributed by atoms with Crippen LogP contribution in [0, 0.1) is 11.8 Å². The molecule has 0 aromatic heterocycles. The second-order valence-corrected chi connectivity index (χ2v) is 6.70. The number of hydrogen-bond acceptors (Lipinski definition) is 4. The van der Waals surface area contributed by atoms with Crippen LogP contribution < -0.4 is 4.74 Å². The van der Waals surface area contributed by atoms with Gasteiger partial charge in [0.05, 0.1) is 5.56 Å². The SMILES string of the molecule is CC(=O)CC(Cc1cccc(Cl)c1)C1C(=O)Oc2ccccc2C1=O. The quantitative estimate of drug-likeness (QED) is 0.463. The van der Waals surface area contributed by atoms with Crippen LogP contribution in [0.4, 0.5) is 0 Å². The summed E-state index contributed by atoms with van der Waals surface area (Å²) in [6, 6.07) is 13.9. The van der Waals surface area contributed by atoms with E-state index in [1.165, 1.54) is 6.92 Å². The molecule has 0 fully saturated rings. The Balaban J connectivity index is 1.94. The fourth-order valence-corrected chi connectivity index (χ4v) is 3.47. The molecule has 1 aliphatic heterocycles. The second-order valence-electron chi connectivity index (χ2n) is 6.26. The van der Waals surface area contributed by atoms with Crippen molar-refractivity contribution in [1.29, 1.82) is 0 Å². The minimum Gasteiger partial charge on any atom is -0.425 e. The lowest BCUT2D eigenvalue weighted by molar-refractivity contribution is -0.139. The highest BCUT2D eigenvalue weighted by molar-refractivity contribution is 6.30. The van der Waals surface area contributed by atoms with Crippen molar-refractivity contribution >= 4 is 29.1 Å². The molecule has 25 heavy (non-hydrogen) atoms.